The summed E-state index contributed by atoms with van der Waals surface area (Å²) in [6.45, 7) is 0.0891. The lowest BCUT2D eigenvalue weighted by molar-refractivity contribution is 0.0893. The summed E-state index contributed by atoms with van der Waals surface area (Å²) in [5.74, 6) is 0. The molecule has 0 aromatic heterocycles. The van der Waals surface area contributed by atoms with Gasteiger partial charge in [-0.3, -0.25) is 4.79 Å². The molecule has 0 heterocycles. The topological polar surface area (TPSA) is 69.6 Å². The molecule has 0 aliphatic heterocycles. The highest BCUT2D eigenvalue weighted by atomic mass is 16.3. The number of amides is 1. The SMILES string of the molecule is O=[C]NCC[C@H](O)CO. The lowest BCUT2D eigenvalue weighted by Gasteiger charge is -2.03. The van der Waals surface area contributed by atoms with Crippen LogP contribution in [0.2, 0.25) is 0 Å². The largest absolute Gasteiger partial charge is 0.394 e. The first-order chi connectivity index (χ1) is 4.31. The van der Waals surface area contributed by atoms with E-state index in [1.165, 1.54) is 6.41 Å². The standard InChI is InChI=1S/C5H10NO3/c7-3-5(9)1-2-6-4-8/h5,7,9H,1-3H2,(H,6,8)/t5-/m0/s1. The van der Waals surface area contributed by atoms with Gasteiger partial charge in [0.2, 0.25) is 0 Å². The van der Waals surface area contributed by atoms with Crippen molar-refractivity contribution in [2.75, 3.05) is 13.2 Å². The molecule has 0 fully saturated rings. The van der Waals surface area contributed by atoms with E-state index in [2.05, 4.69) is 5.32 Å². The van der Waals surface area contributed by atoms with Crippen LogP contribution in [0.25, 0.3) is 0 Å². The Morgan fingerprint density at radius 2 is 2.33 bits per heavy atom. The zero-order valence-electron chi connectivity index (χ0n) is 5.00. The fourth-order valence-corrected chi connectivity index (χ4v) is 0.381. The number of aliphatic hydroxyl groups is 2. The van der Waals surface area contributed by atoms with Crippen molar-refractivity contribution in [2.45, 2.75) is 12.5 Å². The molecule has 4 nitrogen and oxygen atoms in total. The summed E-state index contributed by atoms with van der Waals surface area (Å²) in [6, 6.07) is 0. The minimum absolute atomic E-state index is 0.263. The Morgan fingerprint density at radius 1 is 1.67 bits per heavy atom. The molecular weight excluding hydrogens is 122 g/mol. The monoisotopic (exact) mass is 132 g/mol. The maximum Gasteiger partial charge on any atom is 0.309 e. The normalized spacial score (nSPS) is 12.7. The van der Waals surface area contributed by atoms with Crippen molar-refractivity contribution in [1.82, 2.24) is 5.32 Å². The number of hydrogen-bond donors (Lipinski definition) is 3. The van der Waals surface area contributed by atoms with Crippen LogP contribution in [0.5, 0.6) is 0 Å². The van der Waals surface area contributed by atoms with Crippen molar-refractivity contribution >= 4 is 6.41 Å². The predicted molar refractivity (Wildman–Crippen MR) is 31.4 cm³/mol. The van der Waals surface area contributed by atoms with E-state index in [0.29, 0.717) is 13.0 Å². The summed E-state index contributed by atoms with van der Waals surface area (Å²) in [6.07, 6.45) is 1.09. The Kier molecular flexibility index (Phi) is 5.15. The van der Waals surface area contributed by atoms with Gasteiger partial charge in [-0.25, -0.2) is 0 Å². The quantitative estimate of drug-likeness (QED) is 0.311. The van der Waals surface area contributed by atoms with E-state index in [9.17, 15) is 4.79 Å². The highest BCUT2D eigenvalue weighted by molar-refractivity contribution is 5.46. The van der Waals surface area contributed by atoms with E-state index in [1.807, 2.05) is 0 Å². The number of hydrogen-bond acceptors (Lipinski definition) is 3. The zero-order chi connectivity index (χ0) is 7.11. The highest BCUT2D eigenvalue weighted by Crippen LogP contribution is 1.85. The Labute approximate surface area is 53.5 Å². The Bertz CT molecular complexity index is 76.6. The van der Waals surface area contributed by atoms with Crippen molar-refractivity contribution in [3.63, 3.8) is 0 Å². The van der Waals surface area contributed by atoms with Crippen molar-refractivity contribution in [2.24, 2.45) is 0 Å². The molecule has 0 aromatic rings. The summed E-state index contributed by atoms with van der Waals surface area (Å²) in [5.41, 5.74) is 0. The molecule has 0 aromatic carbocycles. The third kappa shape index (κ3) is 5.26. The van der Waals surface area contributed by atoms with E-state index in [0.717, 1.165) is 0 Å². The third-order valence-electron chi connectivity index (χ3n) is 0.885. The zero-order valence-corrected chi connectivity index (χ0v) is 5.00. The Balaban J connectivity index is 2.96. The molecule has 0 bridgehead atoms. The van der Waals surface area contributed by atoms with Gasteiger partial charge in [0.15, 0.2) is 0 Å². The van der Waals surface area contributed by atoms with Gasteiger partial charge in [0.05, 0.1) is 12.7 Å². The molecule has 3 N–H and O–H groups in total. The van der Waals surface area contributed by atoms with E-state index in [-0.39, 0.29) is 6.61 Å². The van der Waals surface area contributed by atoms with Gasteiger partial charge in [-0.15, -0.1) is 0 Å². The summed E-state index contributed by atoms with van der Waals surface area (Å²) in [5, 5.41) is 19.2. The van der Waals surface area contributed by atoms with Gasteiger partial charge >= 0.3 is 6.41 Å². The van der Waals surface area contributed by atoms with Gasteiger partial charge in [-0.1, -0.05) is 0 Å². The van der Waals surface area contributed by atoms with E-state index in [1.54, 1.807) is 0 Å². The van der Waals surface area contributed by atoms with Crippen LogP contribution in [0.4, 0.5) is 0 Å². The molecule has 0 unspecified atom stereocenters. The lowest BCUT2D eigenvalue weighted by Crippen LogP contribution is -2.21. The van der Waals surface area contributed by atoms with Crippen LogP contribution in [0.1, 0.15) is 6.42 Å². The second-order valence-electron chi connectivity index (χ2n) is 1.65. The van der Waals surface area contributed by atoms with Crippen LogP contribution in [0.3, 0.4) is 0 Å². The second-order valence-corrected chi connectivity index (χ2v) is 1.65. The van der Waals surface area contributed by atoms with Crippen LogP contribution < -0.4 is 5.32 Å². The molecule has 0 aliphatic rings. The lowest BCUT2D eigenvalue weighted by atomic mass is 10.3. The summed E-state index contributed by atoms with van der Waals surface area (Å²) in [4.78, 5) is 9.49. The molecule has 9 heavy (non-hydrogen) atoms. The first-order valence-electron chi connectivity index (χ1n) is 2.70. The molecule has 0 saturated heterocycles. The van der Waals surface area contributed by atoms with Crippen LogP contribution >= 0.6 is 0 Å². The fraction of sp³-hybridized carbons (Fsp3) is 0.800. The summed E-state index contributed by atoms with van der Waals surface area (Å²) in [7, 11) is 0. The predicted octanol–water partition coefficient (Wildman–Crippen LogP) is -1.61. The van der Waals surface area contributed by atoms with Crippen LogP contribution in [0.15, 0.2) is 0 Å². The molecule has 1 amide bonds. The van der Waals surface area contributed by atoms with Gasteiger partial charge in [-0.05, 0) is 6.42 Å². The van der Waals surface area contributed by atoms with Crippen LogP contribution in [-0.4, -0.2) is 35.9 Å². The minimum atomic E-state index is -0.731. The van der Waals surface area contributed by atoms with Crippen molar-refractivity contribution in [3.05, 3.63) is 0 Å². The van der Waals surface area contributed by atoms with Gasteiger partial charge < -0.3 is 15.5 Å². The molecule has 0 spiro atoms. The molecule has 1 radical (unpaired) electrons. The first kappa shape index (κ1) is 8.39. The van der Waals surface area contributed by atoms with E-state index in [4.69, 9.17) is 10.2 Å². The molecule has 0 saturated carbocycles. The maximum atomic E-state index is 9.49. The van der Waals surface area contributed by atoms with Crippen LogP contribution in [-0.2, 0) is 4.79 Å². The number of carbonyl (C=O) groups excluding carboxylic acids is 1. The minimum Gasteiger partial charge on any atom is -0.394 e. The Morgan fingerprint density at radius 3 is 2.78 bits per heavy atom. The summed E-state index contributed by atoms with van der Waals surface area (Å²) >= 11 is 0. The fourth-order valence-electron chi connectivity index (χ4n) is 0.381. The number of aliphatic hydroxyl groups excluding tert-OH is 2. The molecule has 0 aliphatic carbocycles. The molecule has 4 heteroatoms. The molecule has 53 valence electrons. The summed E-state index contributed by atoms with van der Waals surface area (Å²) < 4.78 is 0. The number of rotatable bonds is 5. The first-order valence-corrected chi connectivity index (χ1v) is 2.70. The van der Waals surface area contributed by atoms with Gasteiger partial charge in [-0.2, -0.15) is 0 Å². The molecule has 1 atom stereocenters. The van der Waals surface area contributed by atoms with Crippen molar-refractivity contribution in [1.29, 1.82) is 0 Å². The third-order valence-corrected chi connectivity index (χ3v) is 0.885. The second kappa shape index (κ2) is 5.53. The van der Waals surface area contributed by atoms with Crippen LogP contribution in [0, 0.1) is 0 Å². The van der Waals surface area contributed by atoms with Crippen molar-refractivity contribution < 1.29 is 15.0 Å². The average molecular weight is 132 g/mol. The van der Waals surface area contributed by atoms with Gasteiger partial charge in [0.25, 0.3) is 0 Å². The van der Waals surface area contributed by atoms with Gasteiger partial charge in [0, 0.05) is 6.54 Å². The molecule has 0 rings (SSSR count). The van der Waals surface area contributed by atoms with Crippen molar-refractivity contribution in [3.8, 4) is 0 Å². The smallest absolute Gasteiger partial charge is 0.309 e. The van der Waals surface area contributed by atoms with E-state index < -0.39 is 6.10 Å². The van der Waals surface area contributed by atoms with Gasteiger partial charge in [0.1, 0.15) is 0 Å². The molecular formula is C5H10NO3. The average Bonchev–Trinajstić information content (AvgIpc) is 1.89. The highest BCUT2D eigenvalue weighted by Gasteiger charge is 1.98. The van der Waals surface area contributed by atoms with E-state index >= 15 is 0 Å². The number of nitrogens with one attached hydrogen (secondary N) is 1. The maximum absolute atomic E-state index is 9.49. The Hall–Kier alpha value is -0.610.